The zero-order valence-electron chi connectivity index (χ0n) is 17.5. The Kier molecular flexibility index (Phi) is 7.42. The fourth-order valence-electron chi connectivity index (χ4n) is 3.91. The van der Waals surface area contributed by atoms with Crippen molar-refractivity contribution in [2.45, 2.75) is 32.9 Å². The van der Waals surface area contributed by atoms with Crippen molar-refractivity contribution in [3.05, 3.63) is 71.8 Å². The molecule has 1 heterocycles. The molecule has 2 aromatic rings. The minimum absolute atomic E-state index is 0.00170. The van der Waals surface area contributed by atoms with E-state index in [9.17, 15) is 9.59 Å². The minimum Gasteiger partial charge on any atom is -0.340 e. The van der Waals surface area contributed by atoms with Crippen LogP contribution in [-0.2, 0) is 16.1 Å². The van der Waals surface area contributed by atoms with Crippen LogP contribution in [-0.4, -0.2) is 59.2 Å². The molecule has 2 aromatic carbocycles. The van der Waals surface area contributed by atoms with Crippen molar-refractivity contribution in [1.82, 2.24) is 14.7 Å². The predicted octanol–water partition coefficient (Wildman–Crippen LogP) is 3.33. The molecule has 1 fully saturated rings. The van der Waals surface area contributed by atoms with Crippen molar-refractivity contribution in [2.75, 3.05) is 32.7 Å². The maximum Gasteiger partial charge on any atom is 0.224 e. The van der Waals surface area contributed by atoms with Gasteiger partial charge in [0.2, 0.25) is 11.8 Å². The third-order valence-electron chi connectivity index (χ3n) is 5.69. The summed E-state index contributed by atoms with van der Waals surface area (Å²) >= 11 is 0. The van der Waals surface area contributed by atoms with Crippen LogP contribution < -0.4 is 0 Å². The van der Waals surface area contributed by atoms with Crippen molar-refractivity contribution in [1.29, 1.82) is 0 Å². The van der Waals surface area contributed by atoms with E-state index in [2.05, 4.69) is 29.2 Å². The Morgan fingerprint density at radius 1 is 0.931 bits per heavy atom. The average molecular weight is 394 g/mol. The summed E-state index contributed by atoms with van der Waals surface area (Å²) in [7, 11) is 0. The van der Waals surface area contributed by atoms with Gasteiger partial charge in [0.1, 0.15) is 0 Å². The summed E-state index contributed by atoms with van der Waals surface area (Å²) in [6, 6.07) is 20.4. The van der Waals surface area contributed by atoms with E-state index in [4.69, 9.17) is 0 Å². The summed E-state index contributed by atoms with van der Waals surface area (Å²) in [4.78, 5) is 31.0. The van der Waals surface area contributed by atoms with Gasteiger partial charge in [-0.3, -0.25) is 14.5 Å². The SMILES string of the molecule is CC(=O)N(CCC(=O)N1CCN(Cc2ccccc2)CC1)C(C)c1ccccc1. The lowest BCUT2D eigenvalue weighted by Gasteiger charge is -2.35. The standard InChI is InChI=1S/C24H31N3O2/c1-20(23-11-7-4-8-12-23)27(21(2)28)14-13-24(29)26-17-15-25(16-18-26)19-22-9-5-3-6-10-22/h3-12,20H,13-19H2,1-2H3. The number of carbonyl (C=O) groups excluding carboxylic acids is 2. The lowest BCUT2D eigenvalue weighted by atomic mass is 10.1. The molecule has 0 spiro atoms. The molecule has 2 amide bonds. The summed E-state index contributed by atoms with van der Waals surface area (Å²) in [5.41, 5.74) is 2.39. The Balaban J connectivity index is 1.48. The largest absolute Gasteiger partial charge is 0.340 e. The van der Waals surface area contributed by atoms with Gasteiger partial charge in [-0.2, -0.15) is 0 Å². The zero-order valence-corrected chi connectivity index (χ0v) is 17.5. The van der Waals surface area contributed by atoms with Gasteiger partial charge in [0.15, 0.2) is 0 Å². The fraction of sp³-hybridized carbons (Fsp3) is 0.417. The number of amides is 2. The van der Waals surface area contributed by atoms with Gasteiger partial charge in [-0.15, -0.1) is 0 Å². The van der Waals surface area contributed by atoms with Gasteiger partial charge in [-0.1, -0.05) is 60.7 Å². The second-order valence-electron chi connectivity index (χ2n) is 7.69. The predicted molar refractivity (Wildman–Crippen MR) is 115 cm³/mol. The second-order valence-corrected chi connectivity index (χ2v) is 7.69. The molecule has 1 atom stereocenters. The highest BCUT2D eigenvalue weighted by atomic mass is 16.2. The highest BCUT2D eigenvalue weighted by molar-refractivity contribution is 5.78. The summed E-state index contributed by atoms with van der Waals surface area (Å²) in [5, 5.41) is 0. The Labute approximate surface area is 173 Å². The monoisotopic (exact) mass is 393 g/mol. The molecule has 1 aliphatic rings. The first-order chi connectivity index (χ1) is 14.0. The Bertz CT molecular complexity index is 786. The first kappa shape index (κ1) is 21.1. The van der Waals surface area contributed by atoms with Crippen LogP contribution in [0.2, 0.25) is 0 Å². The molecule has 29 heavy (non-hydrogen) atoms. The summed E-state index contributed by atoms with van der Waals surface area (Å²) in [5.74, 6) is 0.137. The van der Waals surface area contributed by atoms with Gasteiger partial charge in [-0.25, -0.2) is 0 Å². The Morgan fingerprint density at radius 2 is 1.52 bits per heavy atom. The number of nitrogens with zero attached hydrogens (tertiary/aromatic N) is 3. The van der Waals surface area contributed by atoms with Gasteiger partial charge in [-0.05, 0) is 18.1 Å². The molecule has 154 valence electrons. The molecule has 5 nitrogen and oxygen atoms in total. The molecule has 0 N–H and O–H groups in total. The average Bonchev–Trinajstić information content (AvgIpc) is 2.75. The molecule has 0 aromatic heterocycles. The molecular formula is C24H31N3O2. The third-order valence-corrected chi connectivity index (χ3v) is 5.69. The number of benzene rings is 2. The first-order valence-electron chi connectivity index (χ1n) is 10.4. The highest BCUT2D eigenvalue weighted by Crippen LogP contribution is 2.20. The summed E-state index contributed by atoms with van der Waals surface area (Å²) in [6.45, 7) is 8.24. The molecule has 1 unspecified atom stereocenters. The lowest BCUT2D eigenvalue weighted by Crippen LogP contribution is -2.49. The molecule has 0 bridgehead atoms. The smallest absolute Gasteiger partial charge is 0.224 e. The van der Waals surface area contributed by atoms with E-state index in [0.717, 1.165) is 38.3 Å². The van der Waals surface area contributed by atoms with E-state index in [0.29, 0.717) is 13.0 Å². The van der Waals surface area contributed by atoms with Gasteiger partial charge in [0.05, 0.1) is 6.04 Å². The first-order valence-corrected chi connectivity index (χ1v) is 10.4. The van der Waals surface area contributed by atoms with Gasteiger partial charge in [0.25, 0.3) is 0 Å². The van der Waals surface area contributed by atoms with E-state index >= 15 is 0 Å². The van der Waals surface area contributed by atoms with Crippen LogP contribution in [0.4, 0.5) is 0 Å². The third kappa shape index (κ3) is 5.91. The molecule has 3 rings (SSSR count). The number of carbonyl (C=O) groups is 2. The normalized spacial score (nSPS) is 15.7. The molecule has 0 radical (unpaired) electrons. The van der Waals surface area contributed by atoms with Crippen LogP contribution in [0.1, 0.15) is 37.4 Å². The van der Waals surface area contributed by atoms with Crippen LogP contribution >= 0.6 is 0 Å². The maximum atomic E-state index is 12.7. The van der Waals surface area contributed by atoms with Crippen LogP contribution in [0.15, 0.2) is 60.7 Å². The van der Waals surface area contributed by atoms with Crippen LogP contribution in [0, 0.1) is 0 Å². The second kappa shape index (κ2) is 10.2. The van der Waals surface area contributed by atoms with Crippen molar-refractivity contribution < 1.29 is 9.59 Å². The highest BCUT2D eigenvalue weighted by Gasteiger charge is 2.24. The maximum absolute atomic E-state index is 12.7. The van der Waals surface area contributed by atoms with Crippen molar-refractivity contribution in [2.24, 2.45) is 0 Å². The minimum atomic E-state index is -0.0378. The Hall–Kier alpha value is -2.66. The Morgan fingerprint density at radius 3 is 2.10 bits per heavy atom. The topological polar surface area (TPSA) is 43.9 Å². The lowest BCUT2D eigenvalue weighted by molar-refractivity contribution is -0.135. The summed E-state index contributed by atoms with van der Waals surface area (Å²) < 4.78 is 0. The van der Waals surface area contributed by atoms with E-state index in [-0.39, 0.29) is 17.9 Å². The summed E-state index contributed by atoms with van der Waals surface area (Å²) in [6.07, 6.45) is 0.370. The van der Waals surface area contributed by atoms with Crippen LogP contribution in [0.25, 0.3) is 0 Å². The molecule has 5 heteroatoms. The van der Waals surface area contributed by atoms with E-state index in [1.54, 1.807) is 11.8 Å². The number of hydrogen-bond acceptors (Lipinski definition) is 3. The molecule has 0 saturated carbocycles. The van der Waals surface area contributed by atoms with E-state index < -0.39 is 0 Å². The van der Waals surface area contributed by atoms with Gasteiger partial charge < -0.3 is 9.80 Å². The van der Waals surface area contributed by atoms with Crippen molar-refractivity contribution in [3.8, 4) is 0 Å². The molecule has 1 saturated heterocycles. The van der Waals surface area contributed by atoms with E-state index in [1.165, 1.54) is 5.56 Å². The van der Waals surface area contributed by atoms with Crippen molar-refractivity contribution in [3.63, 3.8) is 0 Å². The van der Waals surface area contributed by atoms with Gasteiger partial charge >= 0.3 is 0 Å². The molecular weight excluding hydrogens is 362 g/mol. The van der Waals surface area contributed by atoms with Gasteiger partial charge in [0, 0.05) is 52.6 Å². The zero-order chi connectivity index (χ0) is 20.6. The number of hydrogen-bond donors (Lipinski definition) is 0. The quantitative estimate of drug-likeness (QED) is 0.725. The van der Waals surface area contributed by atoms with Crippen LogP contribution in [0.3, 0.4) is 0 Å². The number of rotatable bonds is 7. The van der Waals surface area contributed by atoms with Crippen LogP contribution in [0.5, 0.6) is 0 Å². The molecule has 0 aliphatic carbocycles. The fourth-order valence-corrected chi connectivity index (χ4v) is 3.91. The molecule has 1 aliphatic heterocycles. The van der Waals surface area contributed by atoms with E-state index in [1.807, 2.05) is 48.2 Å². The number of piperazine rings is 1. The van der Waals surface area contributed by atoms with Crippen molar-refractivity contribution >= 4 is 11.8 Å².